The van der Waals surface area contributed by atoms with E-state index in [1.54, 1.807) is 0 Å². The SMILES string of the molecule is O=C(CCl)CCl.[PbH2]. The van der Waals surface area contributed by atoms with Gasteiger partial charge in [-0.25, -0.2) is 0 Å². The van der Waals surface area contributed by atoms with Gasteiger partial charge in [0.1, 0.15) is 0 Å². The van der Waals surface area contributed by atoms with Crippen LogP contribution in [0.2, 0.25) is 0 Å². The van der Waals surface area contributed by atoms with Crippen molar-refractivity contribution < 1.29 is 4.79 Å². The molecule has 0 aromatic carbocycles. The van der Waals surface area contributed by atoms with E-state index in [0.29, 0.717) is 0 Å². The Balaban J connectivity index is 0. The molecule has 0 aromatic rings. The Bertz CT molecular complexity index is 50.9. The maximum atomic E-state index is 9.92. The van der Waals surface area contributed by atoms with E-state index in [1.165, 1.54) is 0 Å². The second-order valence-electron chi connectivity index (χ2n) is 0.806. The Kier molecular flexibility index (Phi) is 11.3. The number of ketones is 1. The van der Waals surface area contributed by atoms with E-state index in [1.807, 2.05) is 0 Å². The van der Waals surface area contributed by atoms with Crippen molar-refractivity contribution in [2.75, 3.05) is 11.8 Å². The molecule has 0 spiro atoms. The van der Waals surface area contributed by atoms with E-state index in [2.05, 4.69) is 0 Å². The zero-order chi connectivity index (χ0) is 4.99. The van der Waals surface area contributed by atoms with E-state index in [9.17, 15) is 4.79 Å². The monoisotopic (exact) mass is 336 g/mol. The third kappa shape index (κ3) is 7.17. The van der Waals surface area contributed by atoms with E-state index in [-0.39, 0.29) is 44.8 Å². The molecular weight excluding hydrogens is 330 g/mol. The average Bonchev–Trinajstić information content (AvgIpc) is 1.65. The zero-order valence-electron chi connectivity index (χ0n) is 3.79. The van der Waals surface area contributed by atoms with Crippen LogP contribution in [0.3, 0.4) is 0 Å². The van der Waals surface area contributed by atoms with Gasteiger partial charge in [0.05, 0.1) is 11.8 Å². The molecule has 0 saturated carbocycles. The van der Waals surface area contributed by atoms with Gasteiger partial charge in [0, 0.05) is 0 Å². The summed E-state index contributed by atoms with van der Waals surface area (Å²) in [6, 6.07) is 0. The van der Waals surface area contributed by atoms with E-state index in [4.69, 9.17) is 23.2 Å². The molecule has 0 atom stereocenters. The molecule has 1 nitrogen and oxygen atoms in total. The molecule has 0 fully saturated rings. The van der Waals surface area contributed by atoms with Crippen molar-refractivity contribution in [3.63, 3.8) is 0 Å². The molecule has 0 amide bonds. The fraction of sp³-hybridized carbons (Fsp3) is 0.667. The third-order valence-corrected chi connectivity index (χ3v) is 0.894. The molecule has 0 aromatic heterocycles. The van der Waals surface area contributed by atoms with E-state index in [0.717, 1.165) is 0 Å². The number of alkyl halides is 2. The maximum absolute atomic E-state index is 9.92. The first-order chi connectivity index (χ1) is 2.81. The fourth-order valence-corrected chi connectivity index (χ4v) is 0.321. The summed E-state index contributed by atoms with van der Waals surface area (Å²) in [7, 11) is 0. The van der Waals surface area contributed by atoms with Crippen LogP contribution in [0.15, 0.2) is 0 Å². The third-order valence-electron chi connectivity index (χ3n) is 0.298. The Morgan fingerprint density at radius 2 is 1.57 bits per heavy atom. The summed E-state index contributed by atoms with van der Waals surface area (Å²) in [5, 5.41) is 0. The first kappa shape index (κ1) is 11.0. The predicted octanol–water partition coefficient (Wildman–Crippen LogP) is 0.117. The molecule has 0 rings (SSSR count). The molecular formula is C3H6Cl2OPb. The molecule has 0 aliphatic carbocycles. The summed E-state index contributed by atoms with van der Waals surface area (Å²) in [5.74, 6) is -0.0640. The topological polar surface area (TPSA) is 17.1 Å². The number of hydrogen-bond donors (Lipinski definition) is 0. The summed E-state index contributed by atoms with van der Waals surface area (Å²) < 4.78 is 0. The number of halogens is 2. The van der Waals surface area contributed by atoms with Crippen molar-refractivity contribution in [3.05, 3.63) is 0 Å². The van der Waals surface area contributed by atoms with Crippen LogP contribution in [0.25, 0.3) is 0 Å². The van der Waals surface area contributed by atoms with Crippen LogP contribution in [0.1, 0.15) is 0 Å². The van der Waals surface area contributed by atoms with Gasteiger partial charge in [-0.15, -0.1) is 23.2 Å². The molecule has 0 heterocycles. The Hall–Kier alpha value is 1.17. The van der Waals surface area contributed by atoms with Crippen LogP contribution in [-0.4, -0.2) is 44.8 Å². The molecule has 0 bridgehead atoms. The van der Waals surface area contributed by atoms with Gasteiger partial charge >= 0.3 is 27.3 Å². The predicted molar refractivity (Wildman–Crippen MR) is 35.0 cm³/mol. The van der Waals surface area contributed by atoms with Gasteiger partial charge in [-0.1, -0.05) is 0 Å². The van der Waals surface area contributed by atoms with Crippen molar-refractivity contribution in [3.8, 4) is 0 Å². The number of Topliss-reactive ketones (excluding diaryl/α,β-unsaturated/α-hetero) is 1. The molecule has 2 radical (unpaired) electrons. The number of hydrogen-bond acceptors (Lipinski definition) is 1. The molecule has 42 valence electrons. The van der Waals surface area contributed by atoms with Gasteiger partial charge in [0.2, 0.25) is 0 Å². The van der Waals surface area contributed by atoms with Gasteiger partial charge < -0.3 is 0 Å². The van der Waals surface area contributed by atoms with Crippen molar-refractivity contribution in [1.29, 1.82) is 0 Å². The quantitative estimate of drug-likeness (QED) is 0.517. The summed E-state index contributed by atoms with van der Waals surface area (Å²) in [4.78, 5) is 9.92. The van der Waals surface area contributed by atoms with Crippen LogP contribution in [0.5, 0.6) is 0 Å². The van der Waals surface area contributed by atoms with Gasteiger partial charge in [-0.05, 0) is 0 Å². The normalized spacial score (nSPS) is 7.14. The molecule has 7 heavy (non-hydrogen) atoms. The molecule has 0 N–H and O–H groups in total. The van der Waals surface area contributed by atoms with Crippen LogP contribution in [0.4, 0.5) is 0 Å². The Morgan fingerprint density at radius 1 is 1.29 bits per heavy atom. The first-order valence-corrected chi connectivity index (χ1v) is 2.51. The second kappa shape index (κ2) is 7.17. The van der Waals surface area contributed by atoms with Gasteiger partial charge in [-0.2, -0.15) is 0 Å². The molecule has 0 saturated heterocycles. The van der Waals surface area contributed by atoms with Crippen LogP contribution in [-0.2, 0) is 4.79 Å². The second-order valence-corrected chi connectivity index (χ2v) is 1.34. The van der Waals surface area contributed by atoms with Crippen molar-refractivity contribution in [1.82, 2.24) is 0 Å². The molecule has 0 aliphatic heterocycles. The van der Waals surface area contributed by atoms with E-state index >= 15 is 0 Å². The number of rotatable bonds is 2. The Morgan fingerprint density at radius 3 is 1.57 bits per heavy atom. The van der Waals surface area contributed by atoms with Crippen molar-refractivity contribution in [2.45, 2.75) is 0 Å². The van der Waals surface area contributed by atoms with Gasteiger partial charge in [-0.3, -0.25) is 4.79 Å². The minimum atomic E-state index is -0.127. The Labute approximate surface area is 72.5 Å². The zero-order valence-corrected chi connectivity index (χ0v) is 10.8. The average molecular weight is 336 g/mol. The molecule has 4 heteroatoms. The molecule has 0 aliphatic rings. The summed E-state index contributed by atoms with van der Waals surface area (Å²) in [6.45, 7) is 0. The number of carbonyl (C=O) groups excluding carboxylic acids is 1. The summed E-state index contributed by atoms with van der Waals surface area (Å²) in [5.41, 5.74) is 0. The van der Waals surface area contributed by atoms with Crippen molar-refractivity contribution in [2.24, 2.45) is 0 Å². The van der Waals surface area contributed by atoms with Gasteiger partial charge in [0.25, 0.3) is 0 Å². The van der Waals surface area contributed by atoms with Crippen molar-refractivity contribution >= 4 is 56.3 Å². The van der Waals surface area contributed by atoms with Crippen LogP contribution < -0.4 is 0 Å². The van der Waals surface area contributed by atoms with Crippen LogP contribution >= 0.6 is 23.2 Å². The summed E-state index contributed by atoms with van der Waals surface area (Å²) in [6.07, 6.45) is 0. The standard InChI is InChI=1S/C3H4Cl2O.Pb.2H/c4-1-3(6)2-5;;;/h1-2H2;;;. The van der Waals surface area contributed by atoms with Gasteiger partial charge in [0.15, 0.2) is 5.78 Å². The summed E-state index contributed by atoms with van der Waals surface area (Å²) >= 11 is 10.0. The minimum absolute atomic E-state index is 0. The number of carbonyl (C=O) groups is 1. The fourth-order valence-electron chi connectivity index (χ4n) is 0.0357. The molecule has 0 unspecified atom stereocenters. The van der Waals surface area contributed by atoms with Crippen LogP contribution in [0, 0.1) is 0 Å². The van der Waals surface area contributed by atoms with E-state index < -0.39 is 0 Å². The first-order valence-electron chi connectivity index (χ1n) is 1.45.